The fourth-order valence-corrected chi connectivity index (χ4v) is 1.59. The number of hydrogen-bond donors (Lipinski definition) is 2. The molecular weight excluding hydrogens is 286 g/mol. The lowest BCUT2D eigenvalue weighted by Crippen LogP contribution is -2.27. The molecule has 2 rings (SSSR count). The average Bonchev–Trinajstić information content (AvgIpc) is 2.69. The summed E-state index contributed by atoms with van der Waals surface area (Å²) >= 11 is 5.62. The maximum atomic E-state index is 11.7. The van der Waals surface area contributed by atoms with Gasteiger partial charge in [-0.1, -0.05) is 0 Å². The van der Waals surface area contributed by atoms with Gasteiger partial charge in [0.25, 0.3) is 11.3 Å². The van der Waals surface area contributed by atoms with Gasteiger partial charge in [-0.25, -0.2) is 9.78 Å². The van der Waals surface area contributed by atoms with Crippen LogP contribution in [-0.4, -0.2) is 31.3 Å². The van der Waals surface area contributed by atoms with Crippen molar-refractivity contribution in [1.82, 2.24) is 19.6 Å². The Hall–Kier alpha value is -2.09. The molecule has 0 bridgehead atoms. The molecule has 0 unspecified atom stereocenters. The number of aromatic amines is 1. The summed E-state index contributed by atoms with van der Waals surface area (Å²) in [6, 6.07) is 1.29. The van der Waals surface area contributed by atoms with E-state index in [2.05, 4.69) is 20.4 Å². The summed E-state index contributed by atoms with van der Waals surface area (Å²) in [6.07, 6.45) is -0.679. The summed E-state index contributed by atoms with van der Waals surface area (Å²) < 4.78 is 6.17. The molecular formula is C11H14ClN5O3. The Morgan fingerprint density at radius 3 is 2.80 bits per heavy atom. The topological polar surface area (TPSA) is 101 Å². The number of carbonyl (C=O) groups is 1. The number of aromatic nitrogens is 4. The van der Waals surface area contributed by atoms with E-state index in [9.17, 15) is 9.59 Å². The average molecular weight is 300 g/mol. The number of halogens is 1. The predicted octanol–water partition coefficient (Wildman–Crippen LogP) is 1.50. The largest absolute Gasteiger partial charge is 0.444 e. The lowest BCUT2D eigenvalue weighted by Gasteiger charge is -2.18. The molecule has 108 valence electrons. The predicted molar refractivity (Wildman–Crippen MR) is 73.0 cm³/mol. The van der Waals surface area contributed by atoms with Gasteiger partial charge in [0.2, 0.25) is 5.95 Å². The summed E-state index contributed by atoms with van der Waals surface area (Å²) in [5, 5.41) is 5.00. The third-order valence-corrected chi connectivity index (χ3v) is 2.41. The number of H-pyrrole nitrogens is 1. The summed E-state index contributed by atoms with van der Waals surface area (Å²) in [6.45, 7) is 5.22. The zero-order valence-electron chi connectivity index (χ0n) is 11.2. The highest BCUT2D eigenvalue weighted by Crippen LogP contribution is 2.09. The standard InChI is InChI=1S/C11H14ClN5O3/c1-11(2,3)20-10(19)15-8-14-9-13-6(5-12)4-7(18)17(9)16-8/h4H,5H2,1-3H3,(H2,13,14,15,16,19). The molecule has 0 radical (unpaired) electrons. The minimum atomic E-state index is -0.679. The quantitative estimate of drug-likeness (QED) is 0.818. The molecule has 0 atom stereocenters. The lowest BCUT2D eigenvalue weighted by molar-refractivity contribution is 0.0634. The molecule has 8 nitrogen and oxygen atoms in total. The lowest BCUT2D eigenvalue weighted by atomic mass is 10.2. The number of nitrogens with one attached hydrogen (secondary N) is 2. The number of amides is 1. The molecule has 0 fully saturated rings. The van der Waals surface area contributed by atoms with Gasteiger partial charge in [0.15, 0.2) is 0 Å². The summed E-state index contributed by atoms with van der Waals surface area (Å²) in [7, 11) is 0. The van der Waals surface area contributed by atoms with Crippen LogP contribution in [0.1, 0.15) is 26.5 Å². The van der Waals surface area contributed by atoms with Gasteiger partial charge in [0, 0.05) is 6.07 Å². The highest BCUT2D eigenvalue weighted by atomic mass is 35.5. The SMILES string of the molecule is CC(C)(C)OC(=O)Nc1nc2nc(CCl)cc(=O)n2[nH]1. The van der Waals surface area contributed by atoms with E-state index in [0.29, 0.717) is 5.69 Å². The van der Waals surface area contributed by atoms with Crippen molar-refractivity contribution in [2.24, 2.45) is 0 Å². The van der Waals surface area contributed by atoms with Gasteiger partial charge in [-0.15, -0.1) is 11.6 Å². The fraction of sp³-hybridized carbons (Fsp3) is 0.455. The van der Waals surface area contributed by atoms with Crippen molar-refractivity contribution in [1.29, 1.82) is 0 Å². The number of ether oxygens (including phenoxy) is 1. The molecule has 0 aliphatic heterocycles. The van der Waals surface area contributed by atoms with Gasteiger partial charge in [0.05, 0.1) is 11.6 Å². The molecule has 0 aromatic carbocycles. The van der Waals surface area contributed by atoms with Crippen LogP contribution in [0, 0.1) is 0 Å². The Morgan fingerprint density at radius 1 is 1.50 bits per heavy atom. The normalized spacial score (nSPS) is 11.6. The monoisotopic (exact) mass is 299 g/mol. The third kappa shape index (κ3) is 3.27. The van der Waals surface area contributed by atoms with Crippen LogP contribution in [0.3, 0.4) is 0 Å². The van der Waals surface area contributed by atoms with Crippen molar-refractivity contribution < 1.29 is 9.53 Å². The zero-order valence-corrected chi connectivity index (χ0v) is 12.0. The van der Waals surface area contributed by atoms with Crippen LogP contribution < -0.4 is 10.9 Å². The first-order valence-corrected chi connectivity index (χ1v) is 6.36. The Labute approximate surface area is 119 Å². The molecule has 0 aliphatic carbocycles. The van der Waals surface area contributed by atoms with E-state index in [1.165, 1.54) is 6.07 Å². The smallest absolute Gasteiger partial charge is 0.414 e. The van der Waals surface area contributed by atoms with E-state index in [0.717, 1.165) is 4.52 Å². The molecule has 2 aromatic heterocycles. The van der Waals surface area contributed by atoms with Gasteiger partial charge in [-0.05, 0) is 20.8 Å². The van der Waals surface area contributed by atoms with Gasteiger partial charge in [-0.3, -0.25) is 15.2 Å². The first-order chi connectivity index (χ1) is 9.28. The first kappa shape index (κ1) is 14.3. The minimum absolute atomic E-state index is 0.0653. The van der Waals surface area contributed by atoms with Crippen LogP contribution in [0.2, 0.25) is 0 Å². The molecule has 9 heteroatoms. The second-order valence-corrected chi connectivity index (χ2v) is 5.32. The van der Waals surface area contributed by atoms with Crippen LogP contribution in [0.25, 0.3) is 5.78 Å². The van der Waals surface area contributed by atoms with Crippen LogP contribution in [0.4, 0.5) is 10.7 Å². The first-order valence-electron chi connectivity index (χ1n) is 5.83. The van der Waals surface area contributed by atoms with Crippen molar-refractivity contribution in [3.63, 3.8) is 0 Å². The Balaban J connectivity index is 2.26. The molecule has 1 amide bonds. The number of hydrogen-bond acceptors (Lipinski definition) is 5. The van der Waals surface area contributed by atoms with Crippen molar-refractivity contribution in [3.8, 4) is 0 Å². The van der Waals surface area contributed by atoms with E-state index in [-0.39, 0.29) is 23.2 Å². The van der Waals surface area contributed by atoms with Gasteiger partial charge < -0.3 is 4.74 Å². The number of rotatable bonds is 2. The Bertz CT molecular complexity index is 700. The Kier molecular flexibility index (Phi) is 3.67. The maximum absolute atomic E-state index is 11.7. The van der Waals surface area contributed by atoms with E-state index in [1.807, 2.05) is 0 Å². The summed E-state index contributed by atoms with van der Waals surface area (Å²) in [5.41, 5.74) is -0.584. The van der Waals surface area contributed by atoms with Crippen LogP contribution in [-0.2, 0) is 10.6 Å². The third-order valence-electron chi connectivity index (χ3n) is 2.14. The molecule has 0 saturated heterocycles. The second kappa shape index (κ2) is 5.12. The highest BCUT2D eigenvalue weighted by molar-refractivity contribution is 6.16. The molecule has 20 heavy (non-hydrogen) atoms. The van der Waals surface area contributed by atoms with Crippen molar-refractivity contribution in [3.05, 3.63) is 22.1 Å². The van der Waals surface area contributed by atoms with Crippen LogP contribution >= 0.6 is 11.6 Å². The van der Waals surface area contributed by atoms with E-state index >= 15 is 0 Å². The molecule has 0 aliphatic rings. The van der Waals surface area contributed by atoms with Gasteiger partial charge in [-0.2, -0.15) is 9.50 Å². The van der Waals surface area contributed by atoms with Crippen molar-refractivity contribution in [2.75, 3.05) is 5.32 Å². The highest BCUT2D eigenvalue weighted by Gasteiger charge is 2.17. The van der Waals surface area contributed by atoms with Gasteiger partial charge >= 0.3 is 6.09 Å². The van der Waals surface area contributed by atoms with E-state index in [1.54, 1.807) is 20.8 Å². The number of anilines is 1. The number of alkyl halides is 1. The minimum Gasteiger partial charge on any atom is -0.444 e. The molecule has 2 heterocycles. The Morgan fingerprint density at radius 2 is 2.20 bits per heavy atom. The fourth-order valence-electron chi connectivity index (χ4n) is 1.45. The second-order valence-electron chi connectivity index (χ2n) is 5.05. The molecule has 0 spiro atoms. The van der Waals surface area contributed by atoms with Crippen LogP contribution in [0.5, 0.6) is 0 Å². The van der Waals surface area contributed by atoms with Crippen LogP contribution in [0.15, 0.2) is 10.9 Å². The number of carbonyl (C=O) groups excluding carboxylic acids is 1. The van der Waals surface area contributed by atoms with E-state index in [4.69, 9.17) is 16.3 Å². The molecule has 2 N–H and O–H groups in total. The number of fused-ring (bicyclic) bond motifs is 1. The summed E-state index contributed by atoms with van der Waals surface area (Å²) in [4.78, 5) is 31.4. The molecule has 2 aromatic rings. The van der Waals surface area contributed by atoms with Crippen molar-refractivity contribution in [2.45, 2.75) is 32.3 Å². The zero-order chi connectivity index (χ0) is 14.9. The van der Waals surface area contributed by atoms with E-state index < -0.39 is 11.7 Å². The summed E-state index contributed by atoms with van der Waals surface area (Å²) in [5.74, 6) is 0.294. The maximum Gasteiger partial charge on any atom is 0.414 e. The molecule has 0 saturated carbocycles. The van der Waals surface area contributed by atoms with Gasteiger partial charge in [0.1, 0.15) is 5.60 Å². The van der Waals surface area contributed by atoms with Crippen molar-refractivity contribution >= 4 is 29.4 Å². The number of nitrogens with zero attached hydrogens (tertiary/aromatic N) is 3.